The first kappa shape index (κ1) is 18.0. The Kier molecular flexibility index (Phi) is 4.98. The van der Waals surface area contributed by atoms with Crippen LogP contribution >= 0.6 is 11.6 Å². The maximum absolute atomic E-state index is 12.5. The number of carboxylic acids is 1. The number of sulfonamides is 1. The average molecular weight is 394 g/mol. The van der Waals surface area contributed by atoms with Crippen LogP contribution in [0, 0.1) is 0 Å². The minimum absolute atomic E-state index is 0.0884. The van der Waals surface area contributed by atoms with Gasteiger partial charge < -0.3 is 5.11 Å². The third-order valence-corrected chi connectivity index (χ3v) is 5.17. The zero-order chi connectivity index (χ0) is 18.7. The second kappa shape index (κ2) is 7.20. The Morgan fingerprint density at radius 2 is 1.77 bits per heavy atom. The first-order chi connectivity index (χ1) is 12.4. The van der Waals surface area contributed by atoms with Gasteiger partial charge >= 0.3 is 5.97 Å². The molecule has 3 rings (SSSR count). The minimum Gasteiger partial charge on any atom is -0.480 e. The van der Waals surface area contributed by atoms with E-state index in [0.29, 0.717) is 10.7 Å². The average Bonchev–Trinajstić information content (AvgIpc) is 3.15. The van der Waals surface area contributed by atoms with Crippen LogP contribution in [0.15, 0.2) is 59.8 Å². The third-order valence-electron chi connectivity index (χ3n) is 3.48. The van der Waals surface area contributed by atoms with E-state index in [1.54, 1.807) is 0 Å². The molecule has 0 bridgehead atoms. The van der Waals surface area contributed by atoms with E-state index in [4.69, 9.17) is 11.6 Å². The Hall–Kier alpha value is -2.82. The molecule has 0 saturated heterocycles. The highest BCUT2D eigenvalue weighted by Gasteiger charge is 2.27. The van der Waals surface area contributed by atoms with E-state index in [2.05, 4.69) is 20.2 Å². The van der Waals surface area contributed by atoms with Crippen LogP contribution in [-0.4, -0.2) is 39.7 Å². The predicted octanol–water partition coefficient (Wildman–Crippen LogP) is 1.42. The van der Waals surface area contributed by atoms with E-state index in [9.17, 15) is 18.3 Å². The van der Waals surface area contributed by atoms with E-state index in [0.717, 1.165) is 0 Å². The Balaban J connectivity index is 1.86. The van der Waals surface area contributed by atoms with Crippen molar-refractivity contribution < 1.29 is 18.3 Å². The van der Waals surface area contributed by atoms with Gasteiger partial charge in [-0.2, -0.15) is 4.72 Å². The van der Waals surface area contributed by atoms with E-state index < -0.39 is 22.0 Å². The van der Waals surface area contributed by atoms with Crippen molar-refractivity contribution >= 4 is 27.6 Å². The molecule has 0 aliphatic heterocycles. The molecular weight excluding hydrogens is 382 g/mol. The van der Waals surface area contributed by atoms with E-state index in [-0.39, 0.29) is 10.5 Å². The molecule has 0 fully saturated rings. The van der Waals surface area contributed by atoms with Crippen LogP contribution in [0.25, 0.3) is 5.69 Å². The van der Waals surface area contributed by atoms with Crippen molar-refractivity contribution in [3.05, 3.63) is 65.4 Å². The first-order valence-electron chi connectivity index (χ1n) is 7.21. The fourth-order valence-corrected chi connectivity index (χ4v) is 3.50. The summed E-state index contributed by atoms with van der Waals surface area (Å²) in [6, 6.07) is 10.1. The Bertz CT molecular complexity index is 1010. The molecule has 1 unspecified atom stereocenters. The summed E-state index contributed by atoms with van der Waals surface area (Å²) in [5.74, 6) is -1.33. The lowest BCUT2D eigenvalue weighted by Gasteiger charge is -2.15. The molecule has 134 valence electrons. The summed E-state index contributed by atoms with van der Waals surface area (Å²) in [6.45, 7) is 0. The molecule has 3 aromatic rings. The number of hydrogen-bond donors (Lipinski definition) is 2. The highest BCUT2D eigenvalue weighted by Crippen LogP contribution is 2.20. The van der Waals surface area contributed by atoms with Gasteiger partial charge in [-0.3, -0.25) is 4.79 Å². The van der Waals surface area contributed by atoms with Gasteiger partial charge in [0.25, 0.3) is 0 Å². The van der Waals surface area contributed by atoms with Crippen molar-refractivity contribution in [3.8, 4) is 5.69 Å². The molecule has 1 heterocycles. The SMILES string of the molecule is O=C(O)C(NS(=O)(=O)c1ccc(-n2cnnn2)cc1)c1ccc(Cl)cc1. The van der Waals surface area contributed by atoms with Crippen molar-refractivity contribution in [2.75, 3.05) is 0 Å². The largest absolute Gasteiger partial charge is 0.480 e. The molecule has 0 saturated carbocycles. The lowest BCUT2D eigenvalue weighted by molar-refractivity contribution is -0.139. The fraction of sp³-hybridized carbons (Fsp3) is 0.0667. The fourth-order valence-electron chi connectivity index (χ4n) is 2.20. The zero-order valence-electron chi connectivity index (χ0n) is 13.0. The number of aromatic nitrogens is 4. The number of benzene rings is 2. The van der Waals surface area contributed by atoms with Gasteiger partial charge in [0, 0.05) is 5.02 Å². The summed E-state index contributed by atoms with van der Waals surface area (Å²) in [5, 5.41) is 20.5. The Morgan fingerprint density at radius 1 is 1.12 bits per heavy atom. The van der Waals surface area contributed by atoms with Crippen molar-refractivity contribution in [3.63, 3.8) is 0 Å². The number of aliphatic carboxylic acids is 1. The van der Waals surface area contributed by atoms with Crippen molar-refractivity contribution in [1.29, 1.82) is 0 Å². The van der Waals surface area contributed by atoms with Gasteiger partial charge in [-0.25, -0.2) is 13.1 Å². The molecule has 0 aliphatic rings. The molecule has 11 heteroatoms. The molecule has 1 aromatic heterocycles. The number of tetrazole rings is 1. The summed E-state index contributed by atoms with van der Waals surface area (Å²) < 4.78 is 28.6. The number of halogens is 1. The molecule has 2 N–H and O–H groups in total. The number of nitrogens with zero attached hydrogens (tertiary/aromatic N) is 4. The van der Waals surface area contributed by atoms with Gasteiger partial charge in [0.1, 0.15) is 12.4 Å². The summed E-state index contributed by atoms with van der Waals surface area (Å²) in [6.07, 6.45) is 1.36. The van der Waals surface area contributed by atoms with Crippen LogP contribution in [0.3, 0.4) is 0 Å². The topological polar surface area (TPSA) is 127 Å². The molecule has 0 aliphatic carbocycles. The summed E-state index contributed by atoms with van der Waals surface area (Å²) >= 11 is 5.78. The van der Waals surface area contributed by atoms with Crippen LogP contribution in [0.5, 0.6) is 0 Å². The van der Waals surface area contributed by atoms with Gasteiger partial charge in [0.05, 0.1) is 10.6 Å². The second-order valence-electron chi connectivity index (χ2n) is 5.19. The minimum atomic E-state index is -4.07. The van der Waals surface area contributed by atoms with Gasteiger partial charge in [-0.1, -0.05) is 23.7 Å². The standard InChI is InChI=1S/C15H12ClN5O4S/c16-11-3-1-10(2-4-11)14(15(22)23)18-26(24,25)13-7-5-12(6-8-13)21-9-17-19-20-21/h1-9,14,18H,(H,22,23). The lowest BCUT2D eigenvalue weighted by Crippen LogP contribution is -2.33. The molecule has 0 amide bonds. The number of rotatable bonds is 6. The third kappa shape index (κ3) is 3.87. The van der Waals surface area contributed by atoms with Crippen LogP contribution in [-0.2, 0) is 14.8 Å². The number of nitrogens with one attached hydrogen (secondary N) is 1. The molecule has 9 nitrogen and oxygen atoms in total. The molecule has 1 atom stereocenters. The smallest absolute Gasteiger partial charge is 0.326 e. The molecular formula is C15H12ClN5O4S. The molecule has 2 aromatic carbocycles. The predicted molar refractivity (Wildman–Crippen MR) is 91.3 cm³/mol. The van der Waals surface area contributed by atoms with Gasteiger partial charge in [0.2, 0.25) is 10.0 Å². The normalized spacial score (nSPS) is 12.7. The van der Waals surface area contributed by atoms with Crippen molar-refractivity contribution in [1.82, 2.24) is 24.9 Å². The maximum Gasteiger partial charge on any atom is 0.326 e. The van der Waals surface area contributed by atoms with Gasteiger partial charge in [-0.05, 0) is 52.4 Å². The van der Waals surface area contributed by atoms with Crippen LogP contribution in [0.1, 0.15) is 11.6 Å². The Labute approximate surface area is 153 Å². The van der Waals surface area contributed by atoms with Crippen molar-refractivity contribution in [2.24, 2.45) is 0 Å². The Morgan fingerprint density at radius 3 is 2.31 bits per heavy atom. The molecule has 26 heavy (non-hydrogen) atoms. The maximum atomic E-state index is 12.5. The lowest BCUT2D eigenvalue weighted by atomic mass is 10.1. The van der Waals surface area contributed by atoms with Crippen molar-refractivity contribution in [2.45, 2.75) is 10.9 Å². The van der Waals surface area contributed by atoms with E-state index in [1.165, 1.54) is 59.5 Å². The number of carboxylic acid groups (broad SMARTS) is 1. The number of hydrogen-bond acceptors (Lipinski definition) is 6. The van der Waals surface area contributed by atoms with Gasteiger partial charge in [-0.15, -0.1) is 5.10 Å². The number of carbonyl (C=O) groups is 1. The second-order valence-corrected chi connectivity index (χ2v) is 7.34. The van der Waals surface area contributed by atoms with E-state index >= 15 is 0 Å². The quantitative estimate of drug-likeness (QED) is 0.648. The van der Waals surface area contributed by atoms with Crippen LogP contribution in [0.2, 0.25) is 5.02 Å². The first-order valence-corrected chi connectivity index (χ1v) is 9.07. The highest BCUT2D eigenvalue weighted by molar-refractivity contribution is 7.89. The molecule has 0 radical (unpaired) electrons. The molecule has 0 spiro atoms. The summed E-state index contributed by atoms with van der Waals surface area (Å²) in [7, 11) is -4.07. The van der Waals surface area contributed by atoms with Crippen LogP contribution < -0.4 is 4.72 Å². The monoisotopic (exact) mass is 393 g/mol. The summed E-state index contributed by atoms with van der Waals surface area (Å²) in [4.78, 5) is 11.4. The van der Waals surface area contributed by atoms with Crippen LogP contribution in [0.4, 0.5) is 0 Å². The summed E-state index contributed by atoms with van der Waals surface area (Å²) in [5.41, 5.74) is 0.817. The highest BCUT2D eigenvalue weighted by atomic mass is 35.5. The van der Waals surface area contributed by atoms with Gasteiger partial charge in [0.15, 0.2) is 0 Å². The van der Waals surface area contributed by atoms with E-state index in [1.807, 2.05) is 0 Å². The zero-order valence-corrected chi connectivity index (χ0v) is 14.6.